The second-order valence-electron chi connectivity index (χ2n) is 3.97. The van der Waals surface area contributed by atoms with Crippen molar-refractivity contribution in [3.63, 3.8) is 0 Å². The molecule has 3 amide bonds. The Bertz CT molecular complexity index is 567. The SMILES string of the molecule is C/C(=C\C#N)c1ccc(C2NC(=O)NC2=O)cc1. The largest absolute Gasteiger partial charge is 0.322 e. The molecule has 0 bridgehead atoms. The molecule has 0 aromatic heterocycles. The molecule has 1 saturated heterocycles. The van der Waals surface area contributed by atoms with Crippen molar-refractivity contribution in [3.05, 3.63) is 41.5 Å². The van der Waals surface area contributed by atoms with Gasteiger partial charge in [-0.05, 0) is 23.6 Å². The van der Waals surface area contributed by atoms with Gasteiger partial charge in [0.1, 0.15) is 6.04 Å². The number of imide groups is 1. The van der Waals surface area contributed by atoms with Gasteiger partial charge >= 0.3 is 6.03 Å². The molecule has 0 radical (unpaired) electrons. The molecule has 1 fully saturated rings. The summed E-state index contributed by atoms with van der Waals surface area (Å²) in [6.45, 7) is 1.84. The minimum absolute atomic E-state index is 0.350. The monoisotopic (exact) mass is 241 g/mol. The van der Waals surface area contributed by atoms with E-state index in [9.17, 15) is 9.59 Å². The molecule has 1 atom stereocenters. The molecule has 0 aliphatic carbocycles. The van der Waals surface area contributed by atoms with E-state index in [0.717, 1.165) is 11.1 Å². The predicted octanol–water partition coefficient (Wildman–Crippen LogP) is 1.49. The highest BCUT2D eigenvalue weighted by atomic mass is 16.2. The van der Waals surface area contributed by atoms with Crippen molar-refractivity contribution in [1.29, 1.82) is 5.26 Å². The highest BCUT2D eigenvalue weighted by molar-refractivity contribution is 6.04. The molecule has 0 spiro atoms. The van der Waals surface area contributed by atoms with Gasteiger partial charge in [-0.15, -0.1) is 0 Å². The fourth-order valence-corrected chi connectivity index (χ4v) is 1.77. The Morgan fingerprint density at radius 1 is 1.33 bits per heavy atom. The van der Waals surface area contributed by atoms with Crippen LogP contribution in [0.3, 0.4) is 0 Å². The topological polar surface area (TPSA) is 82.0 Å². The smallest absolute Gasteiger partial charge is 0.322 e. The highest BCUT2D eigenvalue weighted by Crippen LogP contribution is 2.20. The van der Waals surface area contributed by atoms with Crippen LogP contribution in [0.15, 0.2) is 30.3 Å². The van der Waals surface area contributed by atoms with Crippen LogP contribution in [-0.2, 0) is 4.79 Å². The van der Waals surface area contributed by atoms with Crippen molar-refractivity contribution in [3.8, 4) is 6.07 Å². The third-order valence-electron chi connectivity index (χ3n) is 2.75. The molecule has 90 valence electrons. The van der Waals surface area contributed by atoms with E-state index in [-0.39, 0.29) is 5.91 Å². The summed E-state index contributed by atoms with van der Waals surface area (Å²) in [6.07, 6.45) is 1.46. The number of hydrogen-bond donors (Lipinski definition) is 2. The van der Waals surface area contributed by atoms with Crippen LogP contribution >= 0.6 is 0 Å². The van der Waals surface area contributed by atoms with Crippen LogP contribution in [0.4, 0.5) is 4.79 Å². The Morgan fingerprint density at radius 2 is 2.00 bits per heavy atom. The molecule has 18 heavy (non-hydrogen) atoms. The number of amides is 3. The molecule has 0 saturated carbocycles. The molecule has 5 heteroatoms. The molecule has 1 unspecified atom stereocenters. The van der Waals surface area contributed by atoms with Crippen LogP contribution in [-0.4, -0.2) is 11.9 Å². The van der Waals surface area contributed by atoms with Crippen LogP contribution in [0.25, 0.3) is 5.57 Å². The zero-order valence-electron chi connectivity index (χ0n) is 9.73. The standard InChI is InChI=1S/C13H11N3O2/c1-8(6-7-14)9-2-4-10(5-3-9)11-12(17)16-13(18)15-11/h2-6,11H,1H3,(H2,15,16,17,18)/b8-6+. The molecule has 1 aromatic rings. The number of nitrogens with zero attached hydrogens (tertiary/aromatic N) is 1. The van der Waals surface area contributed by atoms with Gasteiger partial charge < -0.3 is 5.32 Å². The van der Waals surface area contributed by atoms with Gasteiger partial charge in [0.15, 0.2) is 0 Å². The molecule has 2 rings (SSSR count). The van der Waals surface area contributed by atoms with Crippen LogP contribution in [0.5, 0.6) is 0 Å². The molecule has 1 aliphatic rings. The summed E-state index contributed by atoms with van der Waals surface area (Å²) >= 11 is 0. The molecular formula is C13H11N3O2. The lowest BCUT2D eigenvalue weighted by Gasteiger charge is -2.08. The van der Waals surface area contributed by atoms with E-state index < -0.39 is 12.1 Å². The molecule has 1 aromatic carbocycles. The first-order valence-corrected chi connectivity index (χ1v) is 5.40. The number of allylic oxidation sites excluding steroid dienone is 2. The lowest BCUT2D eigenvalue weighted by atomic mass is 10.0. The normalized spacial score (nSPS) is 19.1. The van der Waals surface area contributed by atoms with E-state index >= 15 is 0 Å². The number of nitrogens with one attached hydrogen (secondary N) is 2. The van der Waals surface area contributed by atoms with E-state index in [0.29, 0.717) is 5.56 Å². The third-order valence-corrected chi connectivity index (χ3v) is 2.75. The van der Waals surface area contributed by atoms with Crippen molar-refractivity contribution < 1.29 is 9.59 Å². The van der Waals surface area contributed by atoms with Gasteiger partial charge in [-0.25, -0.2) is 4.79 Å². The Hall–Kier alpha value is -2.61. The van der Waals surface area contributed by atoms with Gasteiger partial charge in [0, 0.05) is 6.08 Å². The maximum Gasteiger partial charge on any atom is 0.322 e. The zero-order valence-corrected chi connectivity index (χ0v) is 9.73. The maximum atomic E-state index is 11.5. The summed E-state index contributed by atoms with van der Waals surface area (Å²) in [5.41, 5.74) is 2.47. The summed E-state index contributed by atoms with van der Waals surface area (Å²) in [4.78, 5) is 22.5. The second kappa shape index (κ2) is 4.72. The van der Waals surface area contributed by atoms with Crippen LogP contribution in [0.2, 0.25) is 0 Å². The molecular weight excluding hydrogens is 230 g/mol. The summed E-state index contributed by atoms with van der Waals surface area (Å²) in [6, 6.07) is 8.01. The summed E-state index contributed by atoms with van der Waals surface area (Å²) < 4.78 is 0. The number of nitriles is 1. The number of carbonyl (C=O) groups excluding carboxylic acids is 2. The van der Waals surface area contributed by atoms with Gasteiger partial charge in [-0.3, -0.25) is 10.1 Å². The lowest BCUT2D eigenvalue weighted by Crippen LogP contribution is -2.22. The minimum atomic E-state index is -0.633. The quantitative estimate of drug-likeness (QED) is 0.608. The summed E-state index contributed by atoms with van der Waals surface area (Å²) in [5.74, 6) is -0.350. The second-order valence-corrected chi connectivity index (χ2v) is 3.97. The van der Waals surface area contributed by atoms with Crippen molar-refractivity contribution in [2.24, 2.45) is 0 Å². The van der Waals surface area contributed by atoms with E-state index in [4.69, 9.17) is 5.26 Å². The van der Waals surface area contributed by atoms with E-state index in [1.54, 1.807) is 12.1 Å². The van der Waals surface area contributed by atoms with Gasteiger partial charge in [0.05, 0.1) is 6.07 Å². The number of urea groups is 1. The van der Waals surface area contributed by atoms with Crippen molar-refractivity contribution in [2.45, 2.75) is 13.0 Å². The first kappa shape index (κ1) is 11.9. The Balaban J connectivity index is 2.24. The lowest BCUT2D eigenvalue weighted by molar-refractivity contribution is -0.120. The van der Waals surface area contributed by atoms with Crippen molar-refractivity contribution in [1.82, 2.24) is 10.6 Å². The van der Waals surface area contributed by atoms with Gasteiger partial charge in [0.2, 0.25) is 0 Å². The van der Waals surface area contributed by atoms with E-state index in [1.165, 1.54) is 6.08 Å². The first-order valence-electron chi connectivity index (χ1n) is 5.40. The van der Waals surface area contributed by atoms with Crippen LogP contribution < -0.4 is 10.6 Å². The Kier molecular flexibility index (Phi) is 3.11. The van der Waals surface area contributed by atoms with Crippen molar-refractivity contribution in [2.75, 3.05) is 0 Å². The molecule has 1 aliphatic heterocycles. The molecule has 5 nitrogen and oxygen atoms in total. The van der Waals surface area contributed by atoms with Gasteiger partial charge in [-0.2, -0.15) is 5.26 Å². The zero-order chi connectivity index (χ0) is 13.1. The first-order chi connectivity index (χ1) is 8.61. The average molecular weight is 241 g/mol. The number of hydrogen-bond acceptors (Lipinski definition) is 3. The fourth-order valence-electron chi connectivity index (χ4n) is 1.77. The predicted molar refractivity (Wildman–Crippen MR) is 65.1 cm³/mol. The van der Waals surface area contributed by atoms with Gasteiger partial charge in [-0.1, -0.05) is 24.3 Å². The third kappa shape index (κ3) is 2.23. The van der Waals surface area contributed by atoms with Crippen molar-refractivity contribution >= 4 is 17.5 Å². The van der Waals surface area contributed by atoms with E-state index in [1.807, 2.05) is 25.1 Å². The van der Waals surface area contributed by atoms with E-state index in [2.05, 4.69) is 10.6 Å². The highest BCUT2D eigenvalue weighted by Gasteiger charge is 2.30. The van der Waals surface area contributed by atoms with Crippen LogP contribution in [0, 0.1) is 11.3 Å². The Labute approximate surface area is 104 Å². The maximum absolute atomic E-state index is 11.5. The molecule has 1 heterocycles. The number of benzene rings is 1. The number of carbonyl (C=O) groups is 2. The summed E-state index contributed by atoms with van der Waals surface area (Å²) in [7, 11) is 0. The average Bonchev–Trinajstić information content (AvgIpc) is 2.69. The summed E-state index contributed by atoms with van der Waals surface area (Å²) in [5, 5.41) is 13.3. The Morgan fingerprint density at radius 3 is 2.50 bits per heavy atom. The number of rotatable bonds is 2. The van der Waals surface area contributed by atoms with Crippen LogP contribution in [0.1, 0.15) is 24.1 Å². The minimum Gasteiger partial charge on any atom is -0.322 e. The molecule has 2 N–H and O–H groups in total. The fraction of sp³-hybridized carbons (Fsp3) is 0.154. The van der Waals surface area contributed by atoms with Gasteiger partial charge in [0.25, 0.3) is 5.91 Å².